The van der Waals surface area contributed by atoms with Crippen LogP contribution in [0.15, 0.2) is 42.5 Å². The van der Waals surface area contributed by atoms with E-state index in [1.807, 2.05) is 36.9 Å². The predicted molar refractivity (Wildman–Crippen MR) is 132 cm³/mol. The molecule has 2 aromatic rings. The Morgan fingerprint density at radius 1 is 0.944 bits per heavy atom. The molecule has 9 heteroatoms. The summed E-state index contributed by atoms with van der Waals surface area (Å²) in [5, 5.41) is 2.93. The lowest BCUT2D eigenvalue weighted by molar-refractivity contribution is -0.126. The highest BCUT2D eigenvalue weighted by Gasteiger charge is 2.35. The van der Waals surface area contributed by atoms with Gasteiger partial charge < -0.3 is 29.3 Å². The van der Waals surface area contributed by atoms with Crippen molar-refractivity contribution < 1.29 is 28.6 Å². The number of amides is 3. The van der Waals surface area contributed by atoms with Crippen LogP contribution in [0.5, 0.6) is 11.5 Å². The Morgan fingerprint density at radius 3 is 2.36 bits per heavy atom. The van der Waals surface area contributed by atoms with Crippen LogP contribution in [0.4, 0.5) is 5.69 Å². The van der Waals surface area contributed by atoms with Crippen LogP contribution >= 0.6 is 0 Å². The summed E-state index contributed by atoms with van der Waals surface area (Å²) in [7, 11) is 0. The zero-order valence-electron chi connectivity index (χ0n) is 20.6. The van der Waals surface area contributed by atoms with Crippen molar-refractivity contribution in [3.63, 3.8) is 0 Å². The Bertz CT molecular complexity index is 1140. The summed E-state index contributed by atoms with van der Waals surface area (Å²) in [6.07, 6.45) is 0.185. The van der Waals surface area contributed by atoms with Crippen molar-refractivity contribution in [2.45, 2.75) is 39.0 Å². The standard InChI is InChI=1S/C27H31N3O6/c1-17-14-29(15-18(2)36-17)27(33)20-5-3-19(4-6-20)13-28-26(32)21-11-25(31)30(16-21)22-7-8-23-24(12-22)35-10-9-34-23/h3-8,12,17-18,21H,9-11,13-16H2,1-2H3,(H,28,32). The van der Waals surface area contributed by atoms with Gasteiger partial charge in [-0.1, -0.05) is 12.1 Å². The lowest BCUT2D eigenvalue weighted by Crippen LogP contribution is -2.48. The van der Waals surface area contributed by atoms with Crippen molar-refractivity contribution >= 4 is 23.4 Å². The topological polar surface area (TPSA) is 97.4 Å². The number of hydrogen-bond donors (Lipinski definition) is 1. The summed E-state index contributed by atoms with van der Waals surface area (Å²) in [6.45, 7) is 6.69. The minimum absolute atomic E-state index is 0.0140. The van der Waals surface area contributed by atoms with Gasteiger partial charge in [0.2, 0.25) is 11.8 Å². The van der Waals surface area contributed by atoms with E-state index in [4.69, 9.17) is 14.2 Å². The smallest absolute Gasteiger partial charge is 0.254 e. The molecular weight excluding hydrogens is 462 g/mol. The molecule has 2 aromatic carbocycles. The van der Waals surface area contributed by atoms with Gasteiger partial charge in [-0.25, -0.2) is 0 Å². The van der Waals surface area contributed by atoms with Crippen molar-refractivity contribution in [2.75, 3.05) is 37.7 Å². The molecule has 0 spiro atoms. The molecule has 36 heavy (non-hydrogen) atoms. The maximum Gasteiger partial charge on any atom is 0.254 e. The fourth-order valence-electron chi connectivity index (χ4n) is 4.96. The van der Waals surface area contributed by atoms with Crippen LogP contribution < -0.4 is 19.7 Å². The van der Waals surface area contributed by atoms with E-state index in [1.54, 1.807) is 29.2 Å². The molecule has 3 atom stereocenters. The first-order valence-corrected chi connectivity index (χ1v) is 12.4. The normalized spacial score (nSPS) is 23.5. The second-order valence-corrected chi connectivity index (χ2v) is 9.62. The van der Waals surface area contributed by atoms with Crippen molar-refractivity contribution in [1.82, 2.24) is 10.2 Å². The quantitative estimate of drug-likeness (QED) is 0.687. The maximum absolute atomic E-state index is 12.8. The van der Waals surface area contributed by atoms with Crippen molar-refractivity contribution in [1.29, 1.82) is 0 Å². The minimum atomic E-state index is -0.433. The van der Waals surface area contributed by atoms with Crippen LogP contribution in [0, 0.1) is 5.92 Å². The third kappa shape index (κ3) is 5.16. The van der Waals surface area contributed by atoms with Crippen molar-refractivity contribution in [3.8, 4) is 11.5 Å². The molecule has 9 nitrogen and oxygen atoms in total. The van der Waals surface area contributed by atoms with E-state index < -0.39 is 5.92 Å². The summed E-state index contributed by atoms with van der Waals surface area (Å²) >= 11 is 0. The number of hydrogen-bond acceptors (Lipinski definition) is 6. The highest BCUT2D eigenvalue weighted by Crippen LogP contribution is 2.36. The molecule has 3 aliphatic heterocycles. The molecule has 3 unspecified atom stereocenters. The Kier molecular flexibility index (Phi) is 6.82. The molecule has 0 bridgehead atoms. The second kappa shape index (κ2) is 10.2. The maximum atomic E-state index is 12.8. The summed E-state index contributed by atoms with van der Waals surface area (Å²) in [4.78, 5) is 41.7. The molecule has 0 aliphatic carbocycles. The van der Waals surface area contributed by atoms with Crippen LogP contribution in [0.25, 0.3) is 0 Å². The fraction of sp³-hybridized carbons (Fsp3) is 0.444. The summed E-state index contributed by atoms with van der Waals surface area (Å²) in [5.41, 5.74) is 2.20. The van der Waals surface area contributed by atoms with E-state index in [1.165, 1.54) is 0 Å². The van der Waals surface area contributed by atoms with Gasteiger partial charge in [-0.2, -0.15) is 0 Å². The van der Waals surface area contributed by atoms with Gasteiger partial charge in [0, 0.05) is 49.9 Å². The monoisotopic (exact) mass is 493 g/mol. The van der Waals surface area contributed by atoms with Crippen molar-refractivity contribution in [2.24, 2.45) is 5.92 Å². The molecule has 1 N–H and O–H groups in total. The lowest BCUT2D eigenvalue weighted by Gasteiger charge is -2.35. The van der Waals surface area contributed by atoms with Gasteiger partial charge in [0.05, 0.1) is 18.1 Å². The Balaban J connectivity index is 1.15. The zero-order valence-corrected chi connectivity index (χ0v) is 20.6. The SMILES string of the molecule is CC1CN(C(=O)c2ccc(CNC(=O)C3CC(=O)N(c4ccc5c(c4)OCCO5)C3)cc2)CC(C)O1. The fourth-order valence-corrected chi connectivity index (χ4v) is 4.96. The molecular formula is C27H31N3O6. The van der Waals surface area contributed by atoms with Gasteiger partial charge in [-0.05, 0) is 43.7 Å². The number of nitrogens with zero attached hydrogens (tertiary/aromatic N) is 2. The molecule has 3 aliphatic rings. The second-order valence-electron chi connectivity index (χ2n) is 9.62. The molecule has 5 rings (SSSR count). The molecule has 2 saturated heterocycles. The average Bonchev–Trinajstić information content (AvgIpc) is 3.28. The van der Waals surface area contributed by atoms with Gasteiger partial charge >= 0.3 is 0 Å². The van der Waals surface area contributed by atoms with E-state index in [9.17, 15) is 14.4 Å². The van der Waals surface area contributed by atoms with Crippen molar-refractivity contribution in [3.05, 3.63) is 53.6 Å². The number of fused-ring (bicyclic) bond motifs is 1. The largest absolute Gasteiger partial charge is 0.486 e. The van der Waals surface area contributed by atoms with Crippen LogP contribution in [0.2, 0.25) is 0 Å². The highest BCUT2D eigenvalue weighted by molar-refractivity contribution is 6.00. The predicted octanol–water partition coefficient (Wildman–Crippen LogP) is 2.38. The number of morpholine rings is 1. The van der Waals surface area contributed by atoms with Gasteiger partial charge in [0.15, 0.2) is 11.5 Å². The third-order valence-electron chi connectivity index (χ3n) is 6.71. The average molecular weight is 494 g/mol. The first kappa shape index (κ1) is 24.1. The van der Waals surface area contributed by atoms with E-state index in [2.05, 4.69) is 5.32 Å². The molecule has 3 amide bonds. The third-order valence-corrected chi connectivity index (χ3v) is 6.71. The van der Waals surface area contributed by atoms with Crippen LogP contribution in [-0.4, -0.2) is 67.7 Å². The number of rotatable bonds is 5. The zero-order chi connectivity index (χ0) is 25.2. The van der Waals surface area contributed by atoms with Crippen LogP contribution in [-0.2, 0) is 20.9 Å². The highest BCUT2D eigenvalue weighted by atomic mass is 16.6. The number of carbonyl (C=O) groups is 3. The molecule has 0 radical (unpaired) electrons. The Hall–Kier alpha value is -3.59. The number of ether oxygens (including phenoxy) is 3. The van der Waals surface area contributed by atoms with Crippen LogP contribution in [0.3, 0.4) is 0 Å². The van der Waals surface area contributed by atoms with Crippen LogP contribution in [0.1, 0.15) is 36.2 Å². The first-order chi connectivity index (χ1) is 17.4. The number of anilines is 1. The minimum Gasteiger partial charge on any atom is -0.486 e. The molecule has 190 valence electrons. The summed E-state index contributed by atoms with van der Waals surface area (Å²) in [5.74, 6) is 0.557. The number of benzene rings is 2. The number of nitrogens with one attached hydrogen (secondary N) is 1. The Morgan fingerprint density at radius 2 is 1.64 bits per heavy atom. The summed E-state index contributed by atoms with van der Waals surface area (Å²) < 4.78 is 16.9. The lowest BCUT2D eigenvalue weighted by atomic mass is 10.1. The van der Waals surface area contributed by atoms with E-state index >= 15 is 0 Å². The molecule has 2 fully saturated rings. The molecule has 3 heterocycles. The van der Waals surface area contributed by atoms with E-state index in [0.717, 1.165) is 5.56 Å². The van der Waals surface area contributed by atoms with E-state index in [0.29, 0.717) is 62.1 Å². The first-order valence-electron chi connectivity index (χ1n) is 12.4. The Labute approximate surface area is 210 Å². The van der Waals surface area contributed by atoms with Gasteiger partial charge in [-0.3, -0.25) is 14.4 Å². The van der Waals surface area contributed by atoms with Gasteiger partial charge in [-0.15, -0.1) is 0 Å². The number of carbonyl (C=O) groups excluding carboxylic acids is 3. The summed E-state index contributed by atoms with van der Waals surface area (Å²) in [6, 6.07) is 12.7. The van der Waals surface area contributed by atoms with E-state index in [-0.39, 0.29) is 36.4 Å². The van der Waals surface area contributed by atoms with Gasteiger partial charge in [0.25, 0.3) is 5.91 Å². The molecule has 0 aromatic heterocycles. The molecule has 0 saturated carbocycles. The van der Waals surface area contributed by atoms with Gasteiger partial charge in [0.1, 0.15) is 13.2 Å².